The third-order valence-corrected chi connectivity index (χ3v) is 8.88. The average molecular weight is 657 g/mol. The van der Waals surface area contributed by atoms with Crippen LogP contribution in [0, 0.1) is 23.2 Å². The molecule has 0 bridgehead atoms. The van der Waals surface area contributed by atoms with E-state index in [2.05, 4.69) is 36.8 Å². The molecule has 1 fully saturated rings. The Bertz CT molecular complexity index is 1890. The highest BCUT2D eigenvalue weighted by atomic mass is 35.5. The van der Waals surface area contributed by atoms with E-state index in [1.165, 1.54) is 26.2 Å². The van der Waals surface area contributed by atoms with Crippen LogP contribution in [0.1, 0.15) is 64.2 Å². The van der Waals surface area contributed by atoms with Gasteiger partial charge in [-0.2, -0.15) is 10.4 Å². The Labute approximate surface area is 277 Å². The summed E-state index contributed by atoms with van der Waals surface area (Å²) in [7, 11) is 0. The molecule has 13 heteroatoms. The summed E-state index contributed by atoms with van der Waals surface area (Å²) in [4.78, 5) is 42.5. The third-order valence-electron chi connectivity index (χ3n) is 8.68. The van der Waals surface area contributed by atoms with Gasteiger partial charge >= 0.3 is 0 Å². The maximum Gasteiger partial charge on any atom is 0.265 e. The topological polar surface area (TPSA) is 150 Å². The molecule has 2 aliphatic heterocycles. The number of carbonyl (C=O) groups is 2. The van der Waals surface area contributed by atoms with Crippen LogP contribution in [-0.2, 0) is 22.6 Å². The number of aliphatic hydroxyl groups is 1. The molecule has 12 nitrogen and oxygen atoms in total. The van der Waals surface area contributed by atoms with Gasteiger partial charge in [-0.05, 0) is 56.2 Å². The first-order valence-corrected chi connectivity index (χ1v) is 16.1. The highest BCUT2D eigenvalue weighted by Gasteiger charge is 2.37. The van der Waals surface area contributed by atoms with Crippen molar-refractivity contribution in [3.8, 4) is 22.9 Å². The van der Waals surface area contributed by atoms with Crippen LogP contribution in [-0.4, -0.2) is 71.9 Å². The van der Waals surface area contributed by atoms with Crippen LogP contribution in [0.5, 0.6) is 5.75 Å². The summed E-state index contributed by atoms with van der Waals surface area (Å²) in [5.41, 5.74) is 2.42. The second kappa shape index (κ2) is 12.5. The number of hydrogen-bond donors (Lipinski definition) is 1. The van der Waals surface area contributed by atoms with Gasteiger partial charge in [0.2, 0.25) is 0 Å². The van der Waals surface area contributed by atoms with E-state index in [4.69, 9.17) is 26.4 Å². The molecule has 4 aromatic rings. The summed E-state index contributed by atoms with van der Waals surface area (Å²) >= 11 is 5.95. The number of aromatic nitrogens is 5. The molecular weight excluding hydrogens is 620 g/mol. The smallest absolute Gasteiger partial charge is 0.265 e. The quantitative estimate of drug-likeness (QED) is 0.298. The fraction of sp³-hybridized carbons (Fsp3) is 0.441. The van der Waals surface area contributed by atoms with Crippen molar-refractivity contribution in [3.05, 3.63) is 58.9 Å². The van der Waals surface area contributed by atoms with E-state index in [-0.39, 0.29) is 42.8 Å². The summed E-state index contributed by atoms with van der Waals surface area (Å²) < 4.78 is 7.84. The number of nitriles is 1. The first-order chi connectivity index (χ1) is 22.3. The van der Waals surface area contributed by atoms with Gasteiger partial charge in [-0.15, -0.1) is 0 Å². The van der Waals surface area contributed by atoms with Crippen molar-refractivity contribution in [2.75, 3.05) is 24.6 Å². The lowest BCUT2D eigenvalue weighted by molar-refractivity contribution is -0.150. The summed E-state index contributed by atoms with van der Waals surface area (Å²) in [6, 6.07) is 7.93. The lowest BCUT2D eigenvalue weighted by Crippen LogP contribution is -2.51. The SMILES string of the molecule is CC(C)Cc1nc2c(cnn2[C@@H]2CCN(C(=O)C(C)(C)O)C[C@H]2C)c(-c2ccc3c(c2)OCC(=O)N3Cc2ncc(Cl)cn2)c1C#N. The minimum atomic E-state index is -1.44. The van der Waals surface area contributed by atoms with Crippen LogP contribution in [0.3, 0.4) is 0 Å². The minimum Gasteiger partial charge on any atom is -0.482 e. The second-order valence-corrected chi connectivity index (χ2v) is 13.7. The molecule has 0 unspecified atom stereocenters. The summed E-state index contributed by atoms with van der Waals surface area (Å²) in [5, 5.41) is 26.7. The number of carbonyl (C=O) groups excluding carboxylic acids is 2. The molecule has 1 aromatic carbocycles. The number of likely N-dealkylation sites (tertiary alicyclic amines) is 1. The van der Waals surface area contributed by atoms with Crippen LogP contribution in [0.15, 0.2) is 36.8 Å². The highest BCUT2D eigenvalue weighted by Crippen LogP contribution is 2.41. The summed E-state index contributed by atoms with van der Waals surface area (Å²) in [6.07, 6.45) is 5.98. The van der Waals surface area contributed by atoms with Gasteiger partial charge in [0.05, 0.1) is 40.8 Å². The van der Waals surface area contributed by atoms with Gasteiger partial charge in [0.25, 0.3) is 11.8 Å². The van der Waals surface area contributed by atoms with Crippen LogP contribution >= 0.6 is 11.6 Å². The van der Waals surface area contributed by atoms with Crippen molar-refractivity contribution < 1.29 is 19.4 Å². The van der Waals surface area contributed by atoms with E-state index in [9.17, 15) is 20.0 Å². The molecule has 2 aliphatic rings. The van der Waals surface area contributed by atoms with Crippen molar-refractivity contribution in [2.24, 2.45) is 11.8 Å². The van der Waals surface area contributed by atoms with E-state index in [1.54, 1.807) is 16.0 Å². The minimum absolute atomic E-state index is 0.0397. The molecule has 3 aromatic heterocycles. The lowest BCUT2D eigenvalue weighted by atomic mass is 9.91. The zero-order valence-corrected chi connectivity index (χ0v) is 27.8. The first-order valence-electron chi connectivity index (χ1n) is 15.7. The number of anilines is 1. The molecule has 0 saturated carbocycles. The van der Waals surface area contributed by atoms with Gasteiger partial charge in [0.1, 0.15) is 23.2 Å². The number of nitrogens with zero attached hydrogens (tertiary/aromatic N) is 8. The molecule has 0 spiro atoms. The van der Waals surface area contributed by atoms with Crippen molar-refractivity contribution >= 4 is 40.1 Å². The Morgan fingerprint density at radius 1 is 1.23 bits per heavy atom. The number of piperidine rings is 1. The molecule has 244 valence electrons. The number of ether oxygens (including phenoxy) is 1. The first kappa shape index (κ1) is 32.3. The fourth-order valence-corrected chi connectivity index (χ4v) is 6.56. The average Bonchev–Trinajstić information content (AvgIpc) is 3.44. The number of pyridine rings is 1. The van der Waals surface area contributed by atoms with Crippen LogP contribution in [0.4, 0.5) is 5.69 Å². The van der Waals surface area contributed by atoms with Crippen LogP contribution in [0.2, 0.25) is 5.02 Å². The van der Waals surface area contributed by atoms with Gasteiger partial charge < -0.3 is 14.7 Å². The van der Waals surface area contributed by atoms with Crippen molar-refractivity contribution in [3.63, 3.8) is 0 Å². The Morgan fingerprint density at radius 2 is 1.98 bits per heavy atom. The molecule has 0 radical (unpaired) electrons. The van der Waals surface area contributed by atoms with Gasteiger partial charge in [-0.25, -0.2) is 19.6 Å². The molecule has 2 atom stereocenters. The maximum absolute atomic E-state index is 12.9. The van der Waals surface area contributed by atoms with Gasteiger partial charge in [0.15, 0.2) is 12.3 Å². The molecule has 1 saturated heterocycles. The van der Waals surface area contributed by atoms with Crippen molar-refractivity contribution in [2.45, 2.75) is 65.6 Å². The number of amides is 2. The number of benzene rings is 1. The highest BCUT2D eigenvalue weighted by molar-refractivity contribution is 6.30. The molecule has 6 rings (SSSR count). The number of rotatable bonds is 7. The molecule has 47 heavy (non-hydrogen) atoms. The molecule has 2 amide bonds. The number of fused-ring (bicyclic) bond motifs is 2. The van der Waals surface area contributed by atoms with E-state index in [0.29, 0.717) is 70.7 Å². The third kappa shape index (κ3) is 6.25. The Morgan fingerprint density at radius 3 is 2.64 bits per heavy atom. The molecule has 1 N–H and O–H groups in total. The Kier molecular flexibility index (Phi) is 8.63. The summed E-state index contributed by atoms with van der Waals surface area (Å²) in [5.74, 6) is 0.711. The van der Waals surface area contributed by atoms with Crippen LogP contribution < -0.4 is 9.64 Å². The van der Waals surface area contributed by atoms with E-state index in [1.807, 2.05) is 22.9 Å². The second-order valence-electron chi connectivity index (χ2n) is 13.3. The van der Waals surface area contributed by atoms with Gasteiger partial charge in [-0.1, -0.05) is 38.4 Å². The van der Waals surface area contributed by atoms with E-state index >= 15 is 0 Å². The van der Waals surface area contributed by atoms with E-state index in [0.717, 1.165) is 10.9 Å². The predicted molar refractivity (Wildman–Crippen MR) is 176 cm³/mol. The largest absolute Gasteiger partial charge is 0.482 e. The van der Waals surface area contributed by atoms with Gasteiger partial charge in [0, 0.05) is 36.4 Å². The zero-order chi connectivity index (χ0) is 33.6. The molecule has 0 aliphatic carbocycles. The fourth-order valence-electron chi connectivity index (χ4n) is 6.47. The van der Waals surface area contributed by atoms with Gasteiger partial charge in [-0.3, -0.25) is 14.5 Å². The lowest BCUT2D eigenvalue weighted by Gasteiger charge is -2.39. The Balaban J connectivity index is 1.41. The standard InChI is InChI=1S/C34H37ClN8O4/c1-19(2)10-25-23(12-36)31(21-6-7-27-28(11-21)47-18-30(44)42(27)17-29-37-13-22(35)14-38-29)24-15-39-43(32(24)40-25)26-8-9-41(16-20(26)3)33(45)34(4,5)46/h6-7,11,13-15,19-20,26,46H,8-10,16-18H2,1-5H3/t20-,26-/m1/s1. The number of halogens is 1. The normalized spacial score (nSPS) is 18.3. The molecular formula is C34H37ClN8O4. The molecule has 5 heterocycles. The van der Waals surface area contributed by atoms with Crippen molar-refractivity contribution in [1.82, 2.24) is 29.6 Å². The zero-order valence-electron chi connectivity index (χ0n) is 27.1. The van der Waals surface area contributed by atoms with Crippen molar-refractivity contribution in [1.29, 1.82) is 5.26 Å². The Hall–Kier alpha value is -4.60. The number of hydrogen-bond acceptors (Lipinski definition) is 9. The van der Waals surface area contributed by atoms with E-state index < -0.39 is 5.60 Å². The monoisotopic (exact) mass is 656 g/mol. The van der Waals surface area contributed by atoms with Crippen LogP contribution in [0.25, 0.3) is 22.2 Å². The predicted octanol–water partition coefficient (Wildman–Crippen LogP) is 4.72. The maximum atomic E-state index is 12.9. The summed E-state index contributed by atoms with van der Waals surface area (Å²) in [6.45, 7) is 10.2.